The second kappa shape index (κ2) is 8.37. The fraction of sp³-hybridized carbons (Fsp3) is 0.125. The fourth-order valence-electron chi connectivity index (χ4n) is 1.80. The third kappa shape index (κ3) is 5.05. The van der Waals surface area contributed by atoms with Crippen LogP contribution in [-0.2, 0) is 4.79 Å². The standard InChI is InChI=1S/C16H15NO2.Li/c18-16(19)11-15(14-9-5-2-6-10-14)17-12-13-7-3-1-4-8-13;/h1-10,12,15H,11H2,(H,18,19);/q;+1/p-1. The van der Waals surface area contributed by atoms with Crippen LogP contribution in [0.15, 0.2) is 65.7 Å². The summed E-state index contributed by atoms with van der Waals surface area (Å²) < 4.78 is 0. The smallest absolute Gasteiger partial charge is 0.550 e. The van der Waals surface area contributed by atoms with E-state index >= 15 is 0 Å². The molecule has 0 saturated heterocycles. The van der Waals surface area contributed by atoms with Crippen LogP contribution in [0.4, 0.5) is 0 Å². The molecule has 0 aromatic heterocycles. The molecule has 1 atom stereocenters. The molecular weight excluding hydrogens is 245 g/mol. The molecule has 2 aromatic rings. The Morgan fingerprint density at radius 3 is 2.15 bits per heavy atom. The van der Waals surface area contributed by atoms with Crippen molar-refractivity contribution in [2.75, 3.05) is 0 Å². The SMILES string of the molecule is O=C([O-])CC(N=Cc1ccccc1)c1ccccc1.[Li+]. The minimum absolute atomic E-state index is 0. The number of aliphatic imine (C=N–C) groups is 1. The number of carboxylic acids is 1. The number of carboxylic acid groups (broad SMARTS) is 1. The van der Waals surface area contributed by atoms with E-state index in [0.29, 0.717) is 0 Å². The summed E-state index contributed by atoms with van der Waals surface area (Å²) in [4.78, 5) is 15.2. The second-order valence-electron chi connectivity index (χ2n) is 4.19. The zero-order valence-electron chi connectivity index (χ0n) is 11.4. The molecular formula is C16H14LiNO2. The number of nitrogens with zero attached hydrogens (tertiary/aromatic N) is 1. The Kier molecular flexibility index (Phi) is 6.79. The van der Waals surface area contributed by atoms with Gasteiger partial charge in [0.2, 0.25) is 0 Å². The van der Waals surface area contributed by atoms with Gasteiger partial charge in [-0.25, -0.2) is 0 Å². The van der Waals surface area contributed by atoms with Gasteiger partial charge in [0.1, 0.15) is 0 Å². The molecule has 0 aliphatic heterocycles. The average molecular weight is 259 g/mol. The number of rotatable bonds is 5. The van der Waals surface area contributed by atoms with E-state index in [-0.39, 0.29) is 25.3 Å². The van der Waals surface area contributed by atoms with E-state index in [1.54, 1.807) is 6.21 Å². The minimum atomic E-state index is -1.10. The first-order valence-corrected chi connectivity index (χ1v) is 6.09. The number of hydrogen-bond donors (Lipinski definition) is 0. The zero-order chi connectivity index (χ0) is 13.5. The minimum Gasteiger partial charge on any atom is -0.550 e. The van der Waals surface area contributed by atoms with Crippen LogP contribution in [0.1, 0.15) is 23.6 Å². The fourth-order valence-corrected chi connectivity index (χ4v) is 1.80. The molecule has 96 valence electrons. The van der Waals surface area contributed by atoms with Crippen molar-refractivity contribution in [1.82, 2.24) is 0 Å². The number of hydrogen-bond acceptors (Lipinski definition) is 3. The van der Waals surface area contributed by atoms with E-state index in [9.17, 15) is 9.90 Å². The van der Waals surface area contributed by atoms with Gasteiger partial charge >= 0.3 is 18.9 Å². The normalized spacial score (nSPS) is 11.8. The first-order chi connectivity index (χ1) is 9.25. The van der Waals surface area contributed by atoms with Crippen LogP contribution < -0.4 is 24.0 Å². The predicted molar refractivity (Wildman–Crippen MR) is 72.8 cm³/mol. The zero-order valence-corrected chi connectivity index (χ0v) is 11.4. The van der Waals surface area contributed by atoms with E-state index in [1.807, 2.05) is 60.7 Å². The van der Waals surface area contributed by atoms with Crippen molar-refractivity contribution in [2.45, 2.75) is 12.5 Å². The Labute approximate surface area is 130 Å². The van der Waals surface area contributed by atoms with Crippen molar-refractivity contribution >= 4 is 12.2 Å². The van der Waals surface area contributed by atoms with Crippen molar-refractivity contribution in [1.29, 1.82) is 0 Å². The van der Waals surface area contributed by atoms with Crippen molar-refractivity contribution in [3.63, 3.8) is 0 Å². The van der Waals surface area contributed by atoms with E-state index < -0.39 is 12.0 Å². The van der Waals surface area contributed by atoms with Gasteiger partial charge in [-0.3, -0.25) is 4.99 Å². The maximum Gasteiger partial charge on any atom is 1.00 e. The van der Waals surface area contributed by atoms with E-state index in [4.69, 9.17) is 0 Å². The molecule has 4 heteroatoms. The van der Waals surface area contributed by atoms with Gasteiger partial charge in [-0.2, -0.15) is 0 Å². The van der Waals surface area contributed by atoms with Crippen molar-refractivity contribution in [3.05, 3.63) is 71.8 Å². The van der Waals surface area contributed by atoms with Gasteiger partial charge in [-0.05, 0) is 11.1 Å². The summed E-state index contributed by atoms with van der Waals surface area (Å²) >= 11 is 0. The third-order valence-electron chi connectivity index (χ3n) is 2.75. The Bertz CT molecular complexity index is 555. The van der Waals surface area contributed by atoms with E-state index in [0.717, 1.165) is 11.1 Å². The maximum absolute atomic E-state index is 10.8. The largest absolute Gasteiger partial charge is 1.00 e. The summed E-state index contributed by atoms with van der Waals surface area (Å²) in [5.74, 6) is -1.10. The number of carbonyl (C=O) groups is 1. The topological polar surface area (TPSA) is 52.5 Å². The van der Waals surface area contributed by atoms with E-state index in [1.165, 1.54) is 0 Å². The summed E-state index contributed by atoms with van der Waals surface area (Å²) in [6.07, 6.45) is 1.58. The Morgan fingerprint density at radius 1 is 1.05 bits per heavy atom. The van der Waals surface area contributed by atoms with Crippen LogP contribution >= 0.6 is 0 Å². The van der Waals surface area contributed by atoms with E-state index in [2.05, 4.69) is 4.99 Å². The molecule has 0 fully saturated rings. The van der Waals surface area contributed by atoms with Gasteiger partial charge in [0.25, 0.3) is 0 Å². The predicted octanol–water partition coefficient (Wildman–Crippen LogP) is -1.01. The molecule has 0 heterocycles. The van der Waals surface area contributed by atoms with Crippen molar-refractivity contribution in [3.8, 4) is 0 Å². The summed E-state index contributed by atoms with van der Waals surface area (Å²) in [5.41, 5.74) is 1.82. The number of benzene rings is 2. The summed E-state index contributed by atoms with van der Waals surface area (Å²) in [6.45, 7) is 0. The van der Waals surface area contributed by atoms with Gasteiger partial charge in [0, 0.05) is 18.6 Å². The molecule has 0 aliphatic rings. The molecule has 2 aromatic carbocycles. The molecule has 1 unspecified atom stereocenters. The summed E-state index contributed by atoms with van der Waals surface area (Å²) in [5, 5.41) is 10.8. The van der Waals surface area contributed by atoms with Crippen LogP contribution in [0.5, 0.6) is 0 Å². The second-order valence-corrected chi connectivity index (χ2v) is 4.19. The molecule has 20 heavy (non-hydrogen) atoms. The third-order valence-corrected chi connectivity index (χ3v) is 2.75. The first-order valence-electron chi connectivity index (χ1n) is 6.09. The summed E-state index contributed by atoms with van der Waals surface area (Å²) in [6, 6.07) is 18.6. The van der Waals surface area contributed by atoms with Crippen molar-refractivity contribution in [2.24, 2.45) is 4.99 Å². The summed E-state index contributed by atoms with van der Waals surface area (Å²) in [7, 11) is 0. The maximum atomic E-state index is 10.8. The molecule has 0 saturated carbocycles. The van der Waals surface area contributed by atoms with Gasteiger partial charge in [0.15, 0.2) is 0 Å². The van der Waals surface area contributed by atoms with Crippen LogP contribution in [-0.4, -0.2) is 12.2 Å². The van der Waals surface area contributed by atoms with Crippen LogP contribution in [0.2, 0.25) is 0 Å². The molecule has 0 bridgehead atoms. The number of aliphatic carboxylic acids is 1. The number of carbonyl (C=O) groups excluding carboxylic acids is 1. The van der Waals surface area contributed by atoms with Gasteiger partial charge in [0.05, 0.1) is 6.04 Å². The Morgan fingerprint density at radius 2 is 1.60 bits per heavy atom. The van der Waals surface area contributed by atoms with Gasteiger partial charge in [-0.1, -0.05) is 60.7 Å². The average Bonchev–Trinajstić information content (AvgIpc) is 2.45. The molecule has 3 nitrogen and oxygen atoms in total. The van der Waals surface area contributed by atoms with Gasteiger partial charge < -0.3 is 9.90 Å². The molecule has 0 aliphatic carbocycles. The van der Waals surface area contributed by atoms with Gasteiger partial charge in [-0.15, -0.1) is 0 Å². The monoisotopic (exact) mass is 259 g/mol. The van der Waals surface area contributed by atoms with Crippen molar-refractivity contribution < 1.29 is 28.8 Å². The quantitative estimate of drug-likeness (QED) is 0.510. The molecule has 0 spiro atoms. The Hall–Kier alpha value is -1.82. The van der Waals surface area contributed by atoms with Crippen LogP contribution in [0.25, 0.3) is 0 Å². The van der Waals surface area contributed by atoms with Crippen LogP contribution in [0.3, 0.4) is 0 Å². The Balaban J connectivity index is 0.00000200. The molecule has 2 rings (SSSR count). The molecule has 0 radical (unpaired) electrons. The van der Waals surface area contributed by atoms with Crippen LogP contribution in [0, 0.1) is 0 Å². The first kappa shape index (κ1) is 16.2. The molecule has 0 amide bonds. The molecule has 0 N–H and O–H groups in total.